The highest BCUT2D eigenvalue weighted by Gasteiger charge is 2.26. The Kier molecular flexibility index (Phi) is 2.59. The van der Waals surface area contributed by atoms with Gasteiger partial charge < -0.3 is 5.73 Å². The van der Waals surface area contributed by atoms with Crippen molar-refractivity contribution in [3.8, 4) is 0 Å². The summed E-state index contributed by atoms with van der Waals surface area (Å²) in [5.41, 5.74) is 7.02. The number of hydrogen-bond acceptors (Lipinski definition) is 3. The predicted octanol–water partition coefficient (Wildman–Crippen LogP) is 1.52. The van der Waals surface area contributed by atoms with Gasteiger partial charge in [0.15, 0.2) is 5.78 Å². The molecule has 1 saturated carbocycles. The SMILES string of the molecule is NCc1cc(C(=O)C2CCC2)ccn1. The minimum atomic E-state index is 0.253. The molecule has 1 aromatic heterocycles. The van der Waals surface area contributed by atoms with Gasteiger partial charge in [-0.3, -0.25) is 9.78 Å². The minimum Gasteiger partial charge on any atom is -0.325 e. The molecular formula is C11H14N2O. The molecule has 0 unspecified atom stereocenters. The molecule has 3 nitrogen and oxygen atoms in total. The molecule has 0 spiro atoms. The third-order valence-electron chi connectivity index (χ3n) is 2.79. The van der Waals surface area contributed by atoms with Crippen molar-refractivity contribution in [2.24, 2.45) is 11.7 Å². The van der Waals surface area contributed by atoms with Crippen LogP contribution in [0.2, 0.25) is 0 Å². The van der Waals surface area contributed by atoms with E-state index in [0.29, 0.717) is 6.54 Å². The lowest BCUT2D eigenvalue weighted by molar-refractivity contribution is 0.0855. The van der Waals surface area contributed by atoms with Crippen molar-refractivity contribution >= 4 is 5.78 Å². The van der Waals surface area contributed by atoms with Crippen LogP contribution in [0.5, 0.6) is 0 Å². The van der Waals surface area contributed by atoms with Crippen LogP contribution in [0, 0.1) is 5.92 Å². The van der Waals surface area contributed by atoms with Crippen LogP contribution in [0.25, 0.3) is 0 Å². The van der Waals surface area contributed by atoms with E-state index in [9.17, 15) is 4.79 Å². The second-order valence-electron chi connectivity index (χ2n) is 3.73. The summed E-state index contributed by atoms with van der Waals surface area (Å²) in [7, 11) is 0. The minimum absolute atomic E-state index is 0.253. The summed E-state index contributed by atoms with van der Waals surface area (Å²) < 4.78 is 0. The number of carbonyl (C=O) groups is 1. The molecule has 3 heteroatoms. The fourth-order valence-corrected chi connectivity index (χ4v) is 1.65. The van der Waals surface area contributed by atoms with Gasteiger partial charge in [0, 0.05) is 24.2 Å². The Balaban J connectivity index is 2.18. The summed E-state index contributed by atoms with van der Waals surface area (Å²) in [5, 5.41) is 0. The molecule has 0 bridgehead atoms. The van der Waals surface area contributed by atoms with Crippen molar-refractivity contribution in [3.05, 3.63) is 29.6 Å². The number of nitrogens with zero attached hydrogens (tertiary/aromatic N) is 1. The lowest BCUT2D eigenvalue weighted by Gasteiger charge is -2.23. The Morgan fingerprint density at radius 3 is 2.93 bits per heavy atom. The molecule has 0 amide bonds. The Bertz CT molecular complexity index is 345. The number of aromatic nitrogens is 1. The molecule has 0 aromatic carbocycles. The molecule has 0 radical (unpaired) electrons. The number of nitrogens with two attached hydrogens (primary N) is 1. The number of ketones is 1. The molecule has 1 fully saturated rings. The number of carbonyl (C=O) groups excluding carboxylic acids is 1. The third kappa shape index (κ3) is 1.68. The lowest BCUT2D eigenvalue weighted by atomic mass is 9.80. The Hall–Kier alpha value is -1.22. The van der Waals surface area contributed by atoms with Crippen LogP contribution in [-0.4, -0.2) is 10.8 Å². The fourth-order valence-electron chi connectivity index (χ4n) is 1.65. The van der Waals surface area contributed by atoms with Gasteiger partial charge in [-0.05, 0) is 25.0 Å². The first-order chi connectivity index (χ1) is 6.81. The van der Waals surface area contributed by atoms with Crippen molar-refractivity contribution in [1.82, 2.24) is 4.98 Å². The van der Waals surface area contributed by atoms with E-state index < -0.39 is 0 Å². The van der Waals surface area contributed by atoms with Gasteiger partial charge in [-0.2, -0.15) is 0 Å². The maximum absolute atomic E-state index is 11.8. The quantitative estimate of drug-likeness (QED) is 0.735. The molecule has 14 heavy (non-hydrogen) atoms. The molecule has 1 aliphatic rings. The first-order valence-electron chi connectivity index (χ1n) is 5.00. The van der Waals surface area contributed by atoms with Gasteiger partial charge in [0.25, 0.3) is 0 Å². The van der Waals surface area contributed by atoms with Crippen molar-refractivity contribution in [1.29, 1.82) is 0 Å². The van der Waals surface area contributed by atoms with E-state index in [1.807, 2.05) is 0 Å². The smallest absolute Gasteiger partial charge is 0.166 e. The van der Waals surface area contributed by atoms with Crippen LogP contribution in [0.4, 0.5) is 0 Å². The molecule has 0 atom stereocenters. The zero-order valence-corrected chi connectivity index (χ0v) is 8.07. The van der Waals surface area contributed by atoms with E-state index in [4.69, 9.17) is 5.73 Å². The Morgan fingerprint density at radius 1 is 1.57 bits per heavy atom. The molecule has 0 saturated heterocycles. The van der Waals surface area contributed by atoms with E-state index in [-0.39, 0.29) is 11.7 Å². The molecule has 74 valence electrons. The highest BCUT2D eigenvalue weighted by molar-refractivity contribution is 5.98. The van der Waals surface area contributed by atoms with Gasteiger partial charge in [0.1, 0.15) is 0 Å². The van der Waals surface area contributed by atoms with Crippen molar-refractivity contribution in [3.63, 3.8) is 0 Å². The van der Waals surface area contributed by atoms with Gasteiger partial charge in [-0.1, -0.05) is 6.42 Å². The first-order valence-corrected chi connectivity index (χ1v) is 5.00. The standard InChI is InChI=1S/C11H14N2O/c12-7-10-6-9(4-5-13-10)11(14)8-2-1-3-8/h4-6,8H,1-3,7,12H2. The number of pyridine rings is 1. The molecule has 1 aliphatic carbocycles. The normalized spacial score (nSPS) is 16.4. The topological polar surface area (TPSA) is 56.0 Å². The summed E-state index contributed by atoms with van der Waals surface area (Å²) in [6.45, 7) is 0.395. The number of rotatable bonds is 3. The van der Waals surface area contributed by atoms with Gasteiger partial charge in [-0.25, -0.2) is 0 Å². The largest absolute Gasteiger partial charge is 0.325 e. The Morgan fingerprint density at radius 2 is 2.36 bits per heavy atom. The van der Waals surface area contributed by atoms with Crippen LogP contribution in [-0.2, 0) is 6.54 Å². The first kappa shape index (κ1) is 9.34. The molecule has 1 aromatic rings. The third-order valence-corrected chi connectivity index (χ3v) is 2.79. The summed E-state index contributed by atoms with van der Waals surface area (Å²) >= 11 is 0. The molecule has 2 rings (SSSR count). The fraction of sp³-hybridized carbons (Fsp3) is 0.455. The van der Waals surface area contributed by atoms with E-state index >= 15 is 0 Å². The summed E-state index contributed by atoms with van der Waals surface area (Å²) in [4.78, 5) is 15.9. The molecule has 1 heterocycles. The van der Waals surface area contributed by atoms with Gasteiger partial charge >= 0.3 is 0 Å². The van der Waals surface area contributed by atoms with Crippen molar-refractivity contribution in [2.45, 2.75) is 25.8 Å². The number of Topliss-reactive ketones (excluding diaryl/α,β-unsaturated/α-hetero) is 1. The number of hydrogen-bond donors (Lipinski definition) is 1. The molecule has 0 aliphatic heterocycles. The zero-order chi connectivity index (χ0) is 9.97. The molecule has 2 N–H and O–H groups in total. The van der Waals surface area contributed by atoms with E-state index in [0.717, 1.165) is 24.1 Å². The van der Waals surface area contributed by atoms with Gasteiger partial charge in [0.05, 0.1) is 5.69 Å². The van der Waals surface area contributed by atoms with Gasteiger partial charge in [-0.15, -0.1) is 0 Å². The van der Waals surface area contributed by atoms with Crippen LogP contribution >= 0.6 is 0 Å². The second kappa shape index (κ2) is 3.88. The average Bonchev–Trinajstić information content (AvgIpc) is 2.15. The lowest BCUT2D eigenvalue weighted by Crippen LogP contribution is -2.22. The Labute approximate surface area is 83.3 Å². The zero-order valence-electron chi connectivity index (χ0n) is 8.07. The average molecular weight is 190 g/mol. The van der Waals surface area contributed by atoms with Crippen molar-refractivity contribution in [2.75, 3.05) is 0 Å². The molecular weight excluding hydrogens is 176 g/mol. The van der Waals surface area contributed by atoms with Crippen LogP contribution in [0.15, 0.2) is 18.3 Å². The summed E-state index contributed by atoms with van der Waals surface area (Å²) in [5.74, 6) is 0.511. The van der Waals surface area contributed by atoms with E-state index in [2.05, 4.69) is 4.98 Å². The van der Waals surface area contributed by atoms with Gasteiger partial charge in [0.2, 0.25) is 0 Å². The van der Waals surface area contributed by atoms with E-state index in [1.165, 1.54) is 6.42 Å². The highest BCUT2D eigenvalue weighted by atomic mass is 16.1. The summed E-state index contributed by atoms with van der Waals surface area (Å²) in [6, 6.07) is 3.58. The highest BCUT2D eigenvalue weighted by Crippen LogP contribution is 2.29. The maximum atomic E-state index is 11.8. The summed E-state index contributed by atoms with van der Waals surface area (Å²) in [6.07, 6.45) is 4.93. The monoisotopic (exact) mass is 190 g/mol. The maximum Gasteiger partial charge on any atom is 0.166 e. The van der Waals surface area contributed by atoms with Crippen LogP contribution in [0.3, 0.4) is 0 Å². The van der Waals surface area contributed by atoms with E-state index in [1.54, 1.807) is 18.3 Å². The van der Waals surface area contributed by atoms with Crippen LogP contribution < -0.4 is 5.73 Å². The van der Waals surface area contributed by atoms with Crippen molar-refractivity contribution < 1.29 is 4.79 Å². The predicted molar refractivity (Wildman–Crippen MR) is 53.8 cm³/mol. The van der Waals surface area contributed by atoms with Crippen LogP contribution in [0.1, 0.15) is 35.3 Å². The second-order valence-corrected chi connectivity index (χ2v) is 3.73.